The van der Waals surface area contributed by atoms with Crippen LogP contribution in [0.15, 0.2) is 0 Å². The zero-order valence-corrected chi connectivity index (χ0v) is 17.0. The van der Waals surface area contributed by atoms with Crippen molar-refractivity contribution >= 4 is 42.2 Å². The van der Waals surface area contributed by atoms with Gasteiger partial charge in [-0.15, -0.1) is 0 Å². The van der Waals surface area contributed by atoms with Gasteiger partial charge in [0.15, 0.2) is 0 Å². The Morgan fingerprint density at radius 3 is 2.14 bits per heavy atom. The van der Waals surface area contributed by atoms with Gasteiger partial charge in [-0.05, 0) is 32.2 Å². The number of nitrogens with two attached hydrogens (primary N) is 3. The van der Waals surface area contributed by atoms with Crippen molar-refractivity contribution in [3.05, 3.63) is 0 Å². The van der Waals surface area contributed by atoms with E-state index in [1.165, 1.54) is 0 Å². The summed E-state index contributed by atoms with van der Waals surface area (Å²) in [6, 6.07) is -3.26. The molecule has 0 aliphatic rings. The van der Waals surface area contributed by atoms with E-state index in [0.29, 0.717) is 19.4 Å². The van der Waals surface area contributed by atoms with Crippen molar-refractivity contribution in [3.63, 3.8) is 0 Å². The minimum Gasteiger partial charge on any atom is -0.480 e. The number of aliphatic carboxylic acids is 1. The van der Waals surface area contributed by atoms with Crippen molar-refractivity contribution in [2.24, 2.45) is 17.2 Å². The van der Waals surface area contributed by atoms with Crippen molar-refractivity contribution < 1.29 is 29.1 Å². The molecule has 0 radical (unpaired) electrons. The zero-order chi connectivity index (χ0) is 22.4. The first-order chi connectivity index (χ1) is 13.6. The molecule has 0 saturated heterocycles. The molecule has 29 heavy (non-hydrogen) atoms. The van der Waals surface area contributed by atoms with Crippen LogP contribution in [-0.2, 0) is 24.0 Å². The fourth-order valence-corrected chi connectivity index (χ4v) is 2.37. The molecule has 0 aromatic heterocycles. The molecule has 0 aromatic carbocycles. The van der Waals surface area contributed by atoms with Crippen LogP contribution in [-0.4, -0.2) is 71.7 Å². The molecule has 166 valence electrons. The highest BCUT2D eigenvalue weighted by molar-refractivity contribution is 7.80. The number of rotatable bonds is 15. The average molecular weight is 435 g/mol. The average Bonchev–Trinajstić information content (AvgIpc) is 2.67. The lowest BCUT2D eigenvalue weighted by molar-refractivity contribution is -0.142. The fourth-order valence-electron chi connectivity index (χ4n) is 2.20. The molecule has 12 nitrogen and oxygen atoms in total. The molecule has 0 bridgehead atoms. The van der Waals surface area contributed by atoms with Crippen LogP contribution in [0, 0.1) is 0 Å². The molecule has 3 unspecified atom stereocenters. The van der Waals surface area contributed by atoms with Gasteiger partial charge < -0.3 is 38.3 Å². The predicted molar refractivity (Wildman–Crippen MR) is 108 cm³/mol. The molecule has 0 saturated carbocycles. The highest BCUT2D eigenvalue weighted by Crippen LogP contribution is 2.04. The number of carbonyl (C=O) groups excluding carboxylic acids is 4. The minimum absolute atomic E-state index is 0.0967. The van der Waals surface area contributed by atoms with Crippen LogP contribution >= 0.6 is 12.6 Å². The van der Waals surface area contributed by atoms with E-state index in [1.54, 1.807) is 0 Å². The molecular weight excluding hydrogens is 404 g/mol. The Balaban J connectivity index is 4.92. The van der Waals surface area contributed by atoms with Crippen molar-refractivity contribution in [3.8, 4) is 0 Å². The lowest BCUT2D eigenvalue weighted by Gasteiger charge is -2.21. The summed E-state index contributed by atoms with van der Waals surface area (Å²) in [5.41, 5.74) is 15.9. The first kappa shape index (κ1) is 26.6. The topological polar surface area (TPSA) is 220 Å². The Morgan fingerprint density at radius 2 is 1.62 bits per heavy atom. The molecule has 0 aliphatic carbocycles. The number of thiol groups is 1. The van der Waals surface area contributed by atoms with Crippen LogP contribution < -0.4 is 33.2 Å². The van der Waals surface area contributed by atoms with Crippen LogP contribution in [0.3, 0.4) is 0 Å². The van der Waals surface area contributed by atoms with E-state index in [-0.39, 0.29) is 25.0 Å². The van der Waals surface area contributed by atoms with Crippen molar-refractivity contribution in [1.82, 2.24) is 16.0 Å². The van der Waals surface area contributed by atoms with Gasteiger partial charge in [-0.3, -0.25) is 19.2 Å². The van der Waals surface area contributed by atoms with Crippen LogP contribution in [0.1, 0.15) is 32.1 Å². The molecule has 4 amide bonds. The zero-order valence-electron chi connectivity index (χ0n) is 16.1. The molecule has 13 heteroatoms. The van der Waals surface area contributed by atoms with Gasteiger partial charge in [-0.2, -0.15) is 12.6 Å². The van der Waals surface area contributed by atoms with Crippen LogP contribution in [0.2, 0.25) is 0 Å². The third kappa shape index (κ3) is 11.9. The second-order valence-electron chi connectivity index (χ2n) is 6.32. The van der Waals surface area contributed by atoms with Crippen molar-refractivity contribution in [2.75, 3.05) is 18.8 Å². The Bertz CT molecular complexity index is 590. The van der Waals surface area contributed by atoms with Gasteiger partial charge >= 0.3 is 5.97 Å². The lowest BCUT2D eigenvalue weighted by atomic mass is 10.1. The van der Waals surface area contributed by atoms with E-state index < -0.39 is 54.3 Å². The molecule has 0 heterocycles. The molecule has 0 aromatic rings. The summed E-state index contributed by atoms with van der Waals surface area (Å²) in [7, 11) is 0. The standard InChI is InChI=1S/C16H30N6O6S/c17-6-2-1-3-10(21-13(24)7-20-14(25)9(18)8-29)15(26)22-11(16(27)28)4-5-12(19)23/h9-11,29H,1-8,17-18H2,(H2,19,23)(H,20,25)(H,21,24)(H,22,26)(H,27,28). The second kappa shape index (κ2) is 14.6. The SMILES string of the molecule is NCCCCC(NC(=O)CNC(=O)C(N)CS)C(=O)NC(CCC(N)=O)C(=O)O. The number of carboxylic acid groups (broad SMARTS) is 1. The Morgan fingerprint density at radius 1 is 0.966 bits per heavy atom. The number of primary amides is 1. The third-order valence-corrected chi connectivity index (χ3v) is 4.24. The van der Waals surface area contributed by atoms with E-state index in [4.69, 9.17) is 17.2 Å². The van der Waals surface area contributed by atoms with Crippen molar-refractivity contribution in [2.45, 2.75) is 50.2 Å². The fraction of sp³-hybridized carbons (Fsp3) is 0.688. The summed E-state index contributed by atoms with van der Waals surface area (Å²) >= 11 is 3.88. The summed E-state index contributed by atoms with van der Waals surface area (Å²) in [5.74, 6) is -3.89. The second-order valence-corrected chi connectivity index (χ2v) is 6.68. The minimum atomic E-state index is -1.34. The lowest BCUT2D eigenvalue weighted by Crippen LogP contribution is -2.54. The quantitative estimate of drug-likeness (QED) is 0.0966. The molecule has 10 N–H and O–H groups in total. The third-order valence-electron chi connectivity index (χ3n) is 3.85. The predicted octanol–water partition coefficient (Wildman–Crippen LogP) is -3.19. The Kier molecular flexibility index (Phi) is 13.4. The van der Waals surface area contributed by atoms with Crippen LogP contribution in [0.5, 0.6) is 0 Å². The molecule has 3 atom stereocenters. The number of hydrogen-bond acceptors (Lipinski definition) is 8. The largest absolute Gasteiger partial charge is 0.480 e. The van der Waals surface area contributed by atoms with Crippen LogP contribution in [0.4, 0.5) is 0 Å². The molecule has 0 aliphatic heterocycles. The monoisotopic (exact) mass is 434 g/mol. The smallest absolute Gasteiger partial charge is 0.326 e. The number of nitrogens with one attached hydrogen (secondary N) is 3. The van der Waals surface area contributed by atoms with Gasteiger partial charge in [0.2, 0.25) is 23.6 Å². The molecule has 0 spiro atoms. The summed E-state index contributed by atoms with van der Waals surface area (Å²) in [5, 5.41) is 16.2. The maximum absolute atomic E-state index is 12.5. The highest BCUT2D eigenvalue weighted by atomic mass is 32.1. The Hall–Kier alpha value is -2.38. The van der Waals surface area contributed by atoms with E-state index in [2.05, 4.69) is 28.6 Å². The van der Waals surface area contributed by atoms with E-state index in [1.807, 2.05) is 0 Å². The number of amides is 4. The van der Waals surface area contributed by atoms with E-state index in [0.717, 1.165) is 0 Å². The Labute approximate surface area is 174 Å². The molecular formula is C16H30N6O6S. The van der Waals surface area contributed by atoms with Gasteiger partial charge in [-0.25, -0.2) is 4.79 Å². The van der Waals surface area contributed by atoms with Gasteiger partial charge in [0.25, 0.3) is 0 Å². The summed E-state index contributed by atoms with van der Waals surface area (Å²) in [6.45, 7) is -0.0265. The number of carboxylic acids is 1. The summed E-state index contributed by atoms with van der Waals surface area (Å²) < 4.78 is 0. The van der Waals surface area contributed by atoms with Gasteiger partial charge in [0, 0.05) is 12.2 Å². The number of carbonyl (C=O) groups is 5. The van der Waals surface area contributed by atoms with Crippen molar-refractivity contribution in [1.29, 1.82) is 0 Å². The molecule has 0 fully saturated rings. The van der Waals surface area contributed by atoms with Gasteiger partial charge in [0.1, 0.15) is 12.1 Å². The number of hydrogen-bond donors (Lipinski definition) is 8. The van der Waals surface area contributed by atoms with E-state index in [9.17, 15) is 29.1 Å². The normalized spacial score (nSPS) is 13.6. The maximum atomic E-state index is 12.5. The first-order valence-electron chi connectivity index (χ1n) is 9.07. The van der Waals surface area contributed by atoms with Crippen LogP contribution in [0.25, 0.3) is 0 Å². The maximum Gasteiger partial charge on any atom is 0.326 e. The van der Waals surface area contributed by atoms with Gasteiger partial charge in [0.05, 0.1) is 12.6 Å². The summed E-state index contributed by atoms with van der Waals surface area (Å²) in [6.07, 6.45) is 0.902. The first-order valence-corrected chi connectivity index (χ1v) is 9.70. The van der Waals surface area contributed by atoms with Gasteiger partial charge in [-0.1, -0.05) is 0 Å². The number of unbranched alkanes of at least 4 members (excludes halogenated alkanes) is 1. The van der Waals surface area contributed by atoms with E-state index >= 15 is 0 Å². The highest BCUT2D eigenvalue weighted by Gasteiger charge is 2.26. The molecule has 0 rings (SSSR count). The summed E-state index contributed by atoms with van der Waals surface area (Å²) in [4.78, 5) is 58.3.